The maximum absolute atomic E-state index is 11.1. The molecule has 1 aliphatic heterocycles. The SMILES string of the molecule is C=CCOC(=O)[C@H]1NCC[C@@H]1O. The summed E-state index contributed by atoms with van der Waals surface area (Å²) in [4.78, 5) is 11.1. The molecular formula is C8H13NO3. The lowest BCUT2D eigenvalue weighted by Crippen LogP contribution is -2.39. The topological polar surface area (TPSA) is 58.6 Å². The van der Waals surface area contributed by atoms with Crippen LogP contribution in [-0.4, -0.2) is 36.4 Å². The fourth-order valence-corrected chi connectivity index (χ4v) is 1.16. The predicted molar refractivity (Wildman–Crippen MR) is 43.6 cm³/mol. The van der Waals surface area contributed by atoms with Gasteiger partial charge in [-0.15, -0.1) is 0 Å². The maximum Gasteiger partial charge on any atom is 0.326 e. The molecule has 0 aromatic rings. The van der Waals surface area contributed by atoms with Crippen LogP contribution in [-0.2, 0) is 9.53 Å². The maximum atomic E-state index is 11.1. The van der Waals surface area contributed by atoms with Crippen molar-refractivity contribution in [2.45, 2.75) is 18.6 Å². The van der Waals surface area contributed by atoms with Crippen molar-refractivity contribution in [3.63, 3.8) is 0 Å². The van der Waals surface area contributed by atoms with E-state index in [9.17, 15) is 9.90 Å². The lowest BCUT2D eigenvalue weighted by molar-refractivity contribution is -0.146. The van der Waals surface area contributed by atoms with Crippen LogP contribution in [0.15, 0.2) is 12.7 Å². The second kappa shape index (κ2) is 4.23. The molecule has 0 bridgehead atoms. The van der Waals surface area contributed by atoms with E-state index in [1.807, 2.05) is 0 Å². The van der Waals surface area contributed by atoms with Gasteiger partial charge in [-0.2, -0.15) is 0 Å². The molecule has 12 heavy (non-hydrogen) atoms. The van der Waals surface area contributed by atoms with Gasteiger partial charge in [0.25, 0.3) is 0 Å². The van der Waals surface area contributed by atoms with Crippen LogP contribution in [0.4, 0.5) is 0 Å². The number of nitrogens with one attached hydrogen (secondary N) is 1. The second-order valence-electron chi connectivity index (χ2n) is 2.71. The van der Waals surface area contributed by atoms with Crippen LogP contribution < -0.4 is 5.32 Å². The lowest BCUT2D eigenvalue weighted by Gasteiger charge is -2.12. The summed E-state index contributed by atoms with van der Waals surface area (Å²) in [6.07, 6.45) is 1.50. The minimum atomic E-state index is -0.609. The van der Waals surface area contributed by atoms with Gasteiger partial charge in [0.05, 0.1) is 6.10 Å². The summed E-state index contributed by atoms with van der Waals surface area (Å²) in [6.45, 7) is 4.28. The van der Waals surface area contributed by atoms with Gasteiger partial charge in [-0.25, -0.2) is 0 Å². The van der Waals surface area contributed by atoms with E-state index >= 15 is 0 Å². The Balaban J connectivity index is 2.35. The molecule has 0 aromatic heterocycles. The monoisotopic (exact) mass is 171 g/mol. The van der Waals surface area contributed by atoms with Gasteiger partial charge in [0.15, 0.2) is 0 Å². The van der Waals surface area contributed by atoms with Crippen molar-refractivity contribution < 1.29 is 14.6 Å². The van der Waals surface area contributed by atoms with Gasteiger partial charge in [0.1, 0.15) is 12.6 Å². The van der Waals surface area contributed by atoms with Gasteiger partial charge in [-0.1, -0.05) is 12.7 Å². The van der Waals surface area contributed by atoms with Crippen molar-refractivity contribution >= 4 is 5.97 Å². The minimum absolute atomic E-state index is 0.198. The fraction of sp³-hybridized carbons (Fsp3) is 0.625. The third-order valence-electron chi connectivity index (χ3n) is 1.79. The van der Waals surface area contributed by atoms with Crippen molar-refractivity contribution in [2.24, 2.45) is 0 Å². The molecule has 0 amide bonds. The summed E-state index contributed by atoms with van der Waals surface area (Å²) in [6, 6.07) is -0.551. The molecule has 0 radical (unpaired) electrons. The summed E-state index contributed by atoms with van der Waals surface area (Å²) in [5, 5.41) is 12.1. The third-order valence-corrected chi connectivity index (χ3v) is 1.79. The molecule has 0 saturated carbocycles. The molecule has 0 aromatic carbocycles. The van der Waals surface area contributed by atoms with E-state index in [0.717, 1.165) is 0 Å². The molecule has 68 valence electrons. The first-order chi connectivity index (χ1) is 5.75. The van der Waals surface area contributed by atoms with Gasteiger partial charge in [0.2, 0.25) is 0 Å². The molecule has 1 rings (SSSR count). The van der Waals surface area contributed by atoms with Gasteiger partial charge < -0.3 is 15.2 Å². The Bertz CT molecular complexity index is 181. The summed E-state index contributed by atoms with van der Waals surface area (Å²) in [5.74, 6) is -0.403. The highest BCUT2D eigenvalue weighted by Crippen LogP contribution is 2.07. The van der Waals surface area contributed by atoms with Gasteiger partial charge in [-0.3, -0.25) is 4.79 Å². The molecule has 1 saturated heterocycles. The predicted octanol–water partition coefficient (Wildman–Crippen LogP) is -0.562. The van der Waals surface area contributed by atoms with Crippen LogP contribution in [0.2, 0.25) is 0 Å². The zero-order valence-corrected chi connectivity index (χ0v) is 6.82. The van der Waals surface area contributed by atoms with Crippen molar-refractivity contribution in [1.82, 2.24) is 5.32 Å². The fourth-order valence-electron chi connectivity index (χ4n) is 1.16. The van der Waals surface area contributed by atoms with Gasteiger partial charge in [-0.05, 0) is 13.0 Å². The first-order valence-electron chi connectivity index (χ1n) is 3.94. The highest BCUT2D eigenvalue weighted by Gasteiger charge is 2.31. The van der Waals surface area contributed by atoms with E-state index in [0.29, 0.717) is 13.0 Å². The molecule has 1 aliphatic rings. The largest absolute Gasteiger partial charge is 0.460 e. The van der Waals surface area contributed by atoms with Gasteiger partial charge >= 0.3 is 5.97 Å². The summed E-state index contributed by atoms with van der Waals surface area (Å²) in [5.41, 5.74) is 0. The standard InChI is InChI=1S/C8H13NO3/c1-2-5-12-8(11)7-6(10)3-4-9-7/h2,6-7,9-10H,1,3-5H2/t6-,7-/m0/s1. The Labute approximate surface area is 71.2 Å². The Kier molecular flexibility index (Phi) is 3.25. The minimum Gasteiger partial charge on any atom is -0.460 e. The molecular weight excluding hydrogens is 158 g/mol. The molecule has 2 N–H and O–H groups in total. The Morgan fingerprint density at radius 2 is 2.58 bits per heavy atom. The zero-order valence-electron chi connectivity index (χ0n) is 6.82. The number of aliphatic hydroxyl groups is 1. The number of ether oxygens (including phenoxy) is 1. The number of hydrogen-bond acceptors (Lipinski definition) is 4. The average molecular weight is 171 g/mol. The number of esters is 1. The number of carbonyl (C=O) groups excluding carboxylic acids is 1. The first-order valence-corrected chi connectivity index (χ1v) is 3.94. The van der Waals surface area contributed by atoms with E-state index in [1.54, 1.807) is 0 Å². The molecule has 4 heteroatoms. The third kappa shape index (κ3) is 2.06. The summed E-state index contributed by atoms with van der Waals surface area (Å²) >= 11 is 0. The average Bonchev–Trinajstić information content (AvgIpc) is 2.47. The Hall–Kier alpha value is -0.870. The van der Waals surface area contributed by atoms with Crippen molar-refractivity contribution in [3.8, 4) is 0 Å². The number of rotatable bonds is 3. The lowest BCUT2D eigenvalue weighted by atomic mass is 10.2. The van der Waals surface area contributed by atoms with Crippen LogP contribution in [0.1, 0.15) is 6.42 Å². The van der Waals surface area contributed by atoms with E-state index < -0.39 is 18.1 Å². The van der Waals surface area contributed by atoms with E-state index in [2.05, 4.69) is 11.9 Å². The van der Waals surface area contributed by atoms with E-state index in [4.69, 9.17) is 4.74 Å². The summed E-state index contributed by atoms with van der Waals surface area (Å²) in [7, 11) is 0. The number of aliphatic hydroxyl groups excluding tert-OH is 1. The van der Waals surface area contributed by atoms with E-state index in [-0.39, 0.29) is 6.61 Å². The van der Waals surface area contributed by atoms with Crippen LogP contribution in [0.3, 0.4) is 0 Å². The first kappa shape index (κ1) is 9.22. The van der Waals surface area contributed by atoms with Crippen LogP contribution in [0.5, 0.6) is 0 Å². The smallest absolute Gasteiger partial charge is 0.326 e. The quantitative estimate of drug-likeness (QED) is 0.441. The van der Waals surface area contributed by atoms with Crippen LogP contribution >= 0.6 is 0 Å². The van der Waals surface area contributed by atoms with Gasteiger partial charge in [0, 0.05) is 0 Å². The van der Waals surface area contributed by atoms with Crippen molar-refractivity contribution in [3.05, 3.63) is 12.7 Å². The van der Waals surface area contributed by atoms with Crippen LogP contribution in [0.25, 0.3) is 0 Å². The molecule has 2 atom stereocenters. The number of carbonyl (C=O) groups is 1. The molecule has 0 unspecified atom stereocenters. The highest BCUT2D eigenvalue weighted by atomic mass is 16.5. The second-order valence-corrected chi connectivity index (χ2v) is 2.71. The molecule has 0 aliphatic carbocycles. The normalized spacial score (nSPS) is 28.4. The Morgan fingerprint density at radius 3 is 3.08 bits per heavy atom. The summed E-state index contributed by atoms with van der Waals surface area (Å²) < 4.78 is 4.77. The van der Waals surface area contributed by atoms with Crippen molar-refractivity contribution in [2.75, 3.05) is 13.2 Å². The molecule has 4 nitrogen and oxygen atoms in total. The molecule has 1 fully saturated rings. The molecule has 1 heterocycles. The Morgan fingerprint density at radius 1 is 1.83 bits per heavy atom. The number of hydrogen-bond donors (Lipinski definition) is 2. The van der Waals surface area contributed by atoms with Crippen molar-refractivity contribution in [1.29, 1.82) is 0 Å². The van der Waals surface area contributed by atoms with E-state index in [1.165, 1.54) is 6.08 Å². The van der Waals surface area contributed by atoms with Crippen LogP contribution in [0, 0.1) is 0 Å². The molecule has 0 spiro atoms. The highest BCUT2D eigenvalue weighted by molar-refractivity contribution is 5.77. The zero-order chi connectivity index (χ0) is 8.97.